The molecule has 2 rings (SSSR count). The van der Waals surface area contributed by atoms with Gasteiger partial charge in [-0.05, 0) is 76.0 Å². The van der Waals surface area contributed by atoms with Crippen LogP contribution in [0.15, 0.2) is 24.3 Å². The summed E-state index contributed by atoms with van der Waals surface area (Å²) in [5, 5.41) is 0. The summed E-state index contributed by atoms with van der Waals surface area (Å²) in [5.41, 5.74) is 0. The molecular formula is C20H38. The molecule has 0 nitrogen and oxygen atoms in total. The van der Waals surface area contributed by atoms with Gasteiger partial charge < -0.3 is 0 Å². The Morgan fingerprint density at radius 2 is 1.05 bits per heavy atom. The maximum Gasteiger partial charge on any atom is 0 e. The van der Waals surface area contributed by atoms with Crippen LogP contribution in [0.5, 0.6) is 0 Å². The lowest BCUT2D eigenvalue weighted by atomic mass is 9.81. The molecule has 0 aromatic carbocycles. The van der Waals surface area contributed by atoms with Gasteiger partial charge in [0.05, 0.1) is 0 Å². The van der Waals surface area contributed by atoms with E-state index in [0.29, 0.717) is 0 Å². The molecule has 4 atom stereocenters. The van der Waals surface area contributed by atoms with E-state index >= 15 is 0 Å². The van der Waals surface area contributed by atoms with Crippen molar-refractivity contribution >= 4 is 0 Å². The summed E-state index contributed by atoms with van der Waals surface area (Å²) in [5.74, 6) is 3.84. The standard InChI is InChI=1S/C20H34.2H2/c1-3-7-17-9-5-11-19(15-13-17)20-12-6-10-18(8-4-2)14-16-20;;/h3-4,7-8,17-20H,5-6,9-16H2,1-2H3;2*1H/b7-3+,8-4+;;. The van der Waals surface area contributed by atoms with Crippen molar-refractivity contribution in [2.75, 3.05) is 0 Å². The summed E-state index contributed by atoms with van der Waals surface area (Å²) in [7, 11) is 0. The Balaban J connectivity index is 0.00000220. The molecule has 0 aliphatic heterocycles. The summed E-state index contributed by atoms with van der Waals surface area (Å²) in [6.07, 6.45) is 24.1. The van der Waals surface area contributed by atoms with Crippen LogP contribution in [0.3, 0.4) is 0 Å². The van der Waals surface area contributed by atoms with E-state index in [4.69, 9.17) is 0 Å². The highest BCUT2D eigenvalue weighted by Gasteiger charge is 2.27. The maximum atomic E-state index is 2.46. The summed E-state index contributed by atoms with van der Waals surface area (Å²) in [6.45, 7) is 4.35. The minimum Gasteiger partial charge on any atom is -0.0914 e. The molecule has 0 amide bonds. The van der Waals surface area contributed by atoms with Gasteiger partial charge in [-0.25, -0.2) is 0 Å². The van der Waals surface area contributed by atoms with Crippen molar-refractivity contribution < 1.29 is 2.85 Å². The second-order valence-corrected chi connectivity index (χ2v) is 7.11. The van der Waals surface area contributed by atoms with Crippen LogP contribution in [0.2, 0.25) is 0 Å². The first-order chi connectivity index (χ1) is 9.83. The molecule has 20 heavy (non-hydrogen) atoms. The van der Waals surface area contributed by atoms with Gasteiger partial charge in [0, 0.05) is 2.85 Å². The van der Waals surface area contributed by atoms with Gasteiger partial charge in [-0.1, -0.05) is 50.0 Å². The monoisotopic (exact) mass is 278 g/mol. The van der Waals surface area contributed by atoms with Crippen LogP contribution < -0.4 is 0 Å². The molecule has 0 aromatic heterocycles. The molecule has 0 heterocycles. The Bertz CT molecular complexity index is 290. The third-order valence-corrected chi connectivity index (χ3v) is 5.71. The highest BCUT2D eigenvalue weighted by atomic mass is 14.3. The van der Waals surface area contributed by atoms with Crippen LogP contribution in [-0.2, 0) is 0 Å². The fourth-order valence-electron chi connectivity index (χ4n) is 4.59. The van der Waals surface area contributed by atoms with Crippen LogP contribution in [0.1, 0.15) is 80.9 Å². The highest BCUT2D eigenvalue weighted by Crippen LogP contribution is 2.39. The Kier molecular flexibility index (Phi) is 6.90. The molecule has 0 spiro atoms. The lowest BCUT2D eigenvalue weighted by molar-refractivity contribution is 0.266. The van der Waals surface area contributed by atoms with Crippen molar-refractivity contribution in [3.8, 4) is 0 Å². The zero-order valence-corrected chi connectivity index (χ0v) is 13.7. The summed E-state index contributed by atoms with van der Waals surface area (Å²) in [4.78, 5) is 0. The average molecular weight is 279 g/mol. The summed E-state index contributed by atoms with van der Waals surface area (Å²) >= 11 is 0. The summed E-state index contributed by atoms with van der Waals surface area (Å²) < 4.78 is 0. The predicted octanol–water partition coefficient (Wildman–Crippen LogP) is 7.02. The normalized spacial score (nSPS) is 37.1. The third kappa shape index (κ3) is 4.79. The van der Waals surface area contributed by atoms with Gasteiger partial charge in [0.2, 0.25) is 0 Å². The molecule has 0 heteroatoms. The molecule has 2 aliphatic rings. The molecular weight excluding hydrogens is 240 g/mol. The maximum absolute atomic E-state index is 2.46. The van der Waals surface area contributed by atoms with Gasteiger partial charge in [-0.15, -0.1) is 0 Å². The van der Waals surface area contributed by atoms with Crippen molar-refractivity contribution in [1.29, 1.82) is 0 Å². The lowest BCUT2D eigenvalue weighted by Crippen LogP contribution is -2.14. The molecule has 0 radical (unpaired) electrons. The van der Waals surface area contributed by atoms with E-state index in [1.54, 1.807) is 0 Å². The van der Waals surface area contributed by atoms with Crippen molar-refractivity contribution in [2.45, 2.75) is 78.1 Å². The first-order valence-corrected chi connectivity index (χ1v) is 9.09. The third-order valence-electron chi connectivity index (χ3n) is 5.71. The average Bonchev–Trinajstić information content (AvgIpc) is 2.80. The molecule has 2 saturated carbocycles. The molecule has 0 N–H and O–H groups in total. The van der Waals surface area contributed by atoms with Crippen LogP contribution in [0.25, 0.3) is 0 Å². The predicted molar refractivity (Wildman–Crippen MR) is 94.0 cm³/mol. The summed E-state index contributed by atoms with van der Waals surface area (Å²) in [6, 6.07) is 0. The zero-order chi connectivity index (χ0) is 14.2. The van der Waals surface area contributed by atoms with Gasteiger partial charge in [-0.2, -0.15) is 0 Å². The van der Waals surface area contributed by atoms with Crippen molar-refractivity contribution in [1.82, 2.24) is 0 Å². The van der Waals surface area contributed by atoms with Crippen LogP contribution in [-0.4, -0.2) is 0 Å². The van der Waals surface area contributed by atoms with E-state index in [2.05, 4.69) is 38.2 Å². The minimum atomic E-state index is 0. The molecule has 0 aromatic rings. The second kappa shape index (κ2) is 8.70. The number of rotatable bonds is 3. The van der Waals surface area contributed by atoms with E-state index in [0.717, 1.165) is 23.7 Å². The lowest BCUT2D eigenvalue weighted by Gasteiger charge is -2.25. The van der Waals surface area contributed by atoms with E-state index in [1.165, 1.54) is 64.2 Å². The quantitative estimate of drug-likeness (QED) is 0.384. The van der Waals surface area contributed by atoms with E-state index < -0.39 is 0 Å². The Labute approximate surface area is 129 Å². The number of hydrogen-bond donors (Lipinski definition) is 0. The zero-order valence-electron chi connectivity index (χ0n) is 13.7. The van der Waals surface area contributed by atoms with Crippen molar-refractivity contribution in [3.05, 3.63) is 24.3 Å². The molecule has 2 fully saturated rings. The fourth-order valence-corrected chi connectivity index (χ4v) is 4.59. The number of allylic oxidation sites excluding steroid dienone is 4. The fraction of sp³-hybridized carbons (Fsp3) is 0.800. The minimum absolute atomic E-state index is 0. The molecule has 4 unspecified atom stereocenters. The first-order valence-electron chi connectivity index (χ1n) is 9.09. The SMILES string of the molecule is C/C=C/C1CCCC(C2CCCC(/C=C/C)CC2)CC1.[HH].[HH]. The van der Waals surface area contributed by atoms with Gasteiger partial charge in [0.15, 0.2) is 0 Å². The number of hydrogen-bond acceptors (Lipinski definition) is 0. The van der Waals surface area contributed by atoms with Crippen LogP contribution >= 0.6 is 0 Å². The Hall–Kier alpha value is -0.520. The van der Waals surface area contributed by atoms with E-state index in [9.17, 15) is 0 Å². The Morgan fingerprint density at radius 1 is 0.600 bits per heavy atom. The van der Waals surface area contributed by atoms with Gasteiger partial charge >= 0.3 is 0 Å². The topological polar surface area (TPSA) is 0 Å². The molecule has 0 bridgehead atoms. The van der Waals surface area contributed by atoms with E-state index in [-0.39, 0.29) is 2.85 Å². The first kappa shape index (κ1) is 15.9. The van der Waals surface area contributed by atoms with Gasteiger partial charge in [-0.3, -0.25) is 0 Å². The van der Waals surface area contributed by atoms with Crippen LogP contribution in [0, 0.1) is 23.7 Å². The Morgan fingerprint density at radius 3 is 1.45 bits per heavy atom. The largest absolute Gasteiger partial charge is 0.0914 e. The van der Waals surface area contributed by atoms with Crippen molar-refractivity contribution in [3.63, 3.8) is 0 Å². The molecule has 118 valence electrons. The van der Waals surface area contributed by atoms with Crippen LogP contribution in [0.4, 0.5) is 0 Å². The van der Waals surface area contributed by atoms with Gasteiger partial charge in [0.1, 0.15) is 0 Å². The molecule has 0 saturated heterocycles. The highest BCUT2D eigenvalue weighted by molar-refractivity contribution is 4.91. The smallest absolute Gasteiger partial charge is 0 e. The van der Waals surface area contributed by atoms with Gasteiger partial charge in [0.25, 0.3) is 0 Å². The molecule has 2 aliphatic carbocycles. The van der Waals surface area contributed by atoms with Crippen molar-refractivity contribution in [2.24, 2.45) is 23.7 Å². The van der Waals surface area contributed by atoms with E-state index in [1.807, 2.05) is 0 Å². The second-order valence-electron chi connectivity index (χ2n) is 7.11.